The summed E-state index contributed by atoms with van der Waals surface area (Å²) in [6.07, 6.45) is 8.92. The van der Waals surface area contributed by atoms with E-state index < -0.39 is 42.8 Å². The number of carbonyl (C=O) groups excluding carboxylic acids is 4. The summed E-state index contributed by atoms with van der Waals surface area (Å²) in [6, 6.07) is 5.90. The van der Waals surface area contributed by atoms with E-state index >= 15 is 0 Å². The molecule has 262 valence electrons. The van der Waals surface area contributed by atoms with Crippen LogP contribution in [0, 0.1) is 23.7 Å². The summed E-state index contributed by atoms with van der Waals surface area (Å²) in [6.45, 7) is 4.12. The summed E-state index contributed by atoms with van der Waals surface area (Å²) < 4.78 is 39.6. The van der Waals surface area contributed by atoms with Crippen LogP contribution in [-0.2, 0) is 24.8 Å². The quantitative estimate of drug-likeness (QED) is 0.311. The van der Waals surface area contributed by atoms with Crippen LogP contribution in [-0.4, -0.2) is 71.4 Å². The van der Waals surface area contributed by atoms with Crippen molar-refractivity contribution in [2.24, 2.45) is 23.7 Å². The van der Waals surface area contributed by atoms with Crippen molar-refractivity contribution >= 4 is 40.5 Å². The largest absolute Gasteiger partial charge is 0.444 e. The summed E-state index contributed by atoms with van der Waals surface area (Å²) in [7, 11) is 0. The minimum Gasteiger partial charge on any atom is -0.444 e. The predicted octanol–water partition coefficient (Wildman–Crippen LogP) is 6.47. The maximum absolute atomic E-state index is 14.2. The minimum absolute atomic E-state index is 0.0265. The number of nitrogens with one attached hydrogen (secondary N) is 2. The smallest absolute Gasteiger partial charge is 0.407 e. The van der Waals surface area contributed by atoms with Gasteiger partial charge in [0.1, 0.15) is 17.3 Å². The summed E-state index contributed by atoms with van der Waals surface area (Å²) in [4.78, 5) is 54.6. The predicted molar refractivity (Wildman–Crippen MR) is 176 cm³/mol. The second-order valence-electron chi connectivity index (χ2n) is 15.2. The summed E-state index contributed by atoms with van der Waals surface area (Å²) in [5.74, 6) is -0.473. The lowest BCUT2D eigenvalue weighted by Crippen LogP contribution is -2.49. The third-order valence-corrected chi connectivity index (χ3v) is 10.8. The van der Waals surface area contributed by atoms with E-state index in [4.69, 9.17) is 9.47 Å². The third-order valence-electron chi connectivity index (χ3n) is 10.8. The highest BCUT2D eigenvalue weighted by molar-refractivity contribution is 6.02. The number of nitrogens with zero attached hydrogens (tertiary/aromatic N) is 2. The molecule has 6 rings (SSSR count). The number of halogens is 2. The number of ether oxygens (including phenoxy) is 2. The molecule has 2 N–H and O–H groups in total. The first kappa shape index (κ1) is 34.2. The van der Waals surface area contributed by atoms with Gasteiger partial charge < -0.3 is 25.0 Å². The molecule has 10 nitrogen and oxygen atoms in total. The standard InChI is InChI=1S/C36H48F2N4O6/c1-35(2,3)48-34(46)39-19-22-9-11-24(12-10-22)32(44)41-16-15-27(23-7-5-4-6-8-23)30(41)31(43)40-26-13-14-28-25(17-26)18-29-33(45)47-36(20-37,21-38)42(28)29/h13-14,17-18,22-24,27,30H,4-12,15-16,19-21H2,1-3H3,(H,39,46)(H,40,43)/t22-,24-,27-,30-/m0/s1. The number of cyclic esters (lactones) is 1. The van der Waals surface area contributed by atoms with Crippen molar-refractivity contribution in [3.63, 3.8) is 0 Å². The van der Waals surface area contributed by atoms with Gasteiger partial charge in [-0.1, -0.05) is 32.1 Å². The Morgan fingerprint density at radius 1 is 0.979 bits per heavy atom. The Labute approximate surface area is 280 Å². The Kier molecular flexibility index (Phi) is 9.73. The van der Waals surface area contributed by atoms with E-state index in [1.54, 1.807) is 18.2 Å². The van der Waals surface area contributed by atoms with E-state index in [0.29, 0.717) is 48.4 Å². The maximum Gasteiger partial charge on any atom is 0.407 e. The molecule has 4 aliphatic rings. The van der Waals surface area contributed by atoms with Gasteiger partial charge in [-0.15, -0.1) is 0 Å². The molecule has 0 unspecified atom stereocenters. The van der Waals surface area contributed by atoms with Gasteiger partial charge in [0.05, 0.1) is 5.52 Å². The SMILES string of the molecule is CC(C)(C)OC(=O)NC[C@H]1CC[C@H](C(=O)N2CC[C@@H](C3CCCCC3)[C@H]2C(=O)Nc2ccc3c(c2)cc2n3C(CF)(CF)OC2=O)CC1. The van der Waals surface area contributed by atoms with E-state index in [2.05, 4.69) is 10.6 Å². The van der Waals surface area contributed by atoms with Crippen molar-refractivity contribution in [3.8, 4) is 0 Å². The lowest BCUT2D eigenvalue weighted by Gasteiger charge is -2.36. The average Bonchev–Trinajstić information content (AvgIpc) is 3.76. The first-order chi connectivity index (χ1) is 22.9. The van der Waals surface area contributed by atoms with Crippen molar-refractivity contribution in [3.05, 3.63) is 30.0 Å². The van der Waals surface area contributed by atoms with Crippen LogP contribution in [0.15, 0.2) is 24.3 Å². The monoisotopic (exact) mass is 670 g/mol. The molecule has 12 heteroatoms. The van der Waals surface area contributed by atoms with Gasteiger partial charge in [-0.3, -0.25) is 14.2 Å². The van der Waals surface area contributed by atoms with E-state index in [-0.39, 0.29) is 35.3 Å². The second-order valence-corrected chi connectivity index (χ2v) is 15.2. The molecule has 48 heavy (non-hydrogen) atoms. The van der Waals surface area contributed by atoms with Gasteiger partial charge in [-0.2, -0.15) is 0 Å². The zero-order valence-electron chi connectivity index (χ0n) is 28.2. The van der Waals surface area contributed by atoms with Gasteiger partial charge in [0.2, 0.25) is 17.5 Å². The molecule has 2 aromatic rings. The average molecular weight is 671 g/mol. The number of hydrogen-bond acceptors (Lipinski definition) is 6. The van der Waals surface area contributed by atoms with Crippen LogP contribution in [0.2, 0.25) is 0 Å². The molecular weight excluding hydrogens is 622 g/mol. The zero-order chi connectivity index (χ0) is 34.2. The number of carbonyl (C=O) groups is 4. The van der Waals surface area contributed by atoms with Crippen LogP contribution in [0.4, 0.5) is 19.3 Å². The number of hydrogen-bond donors (Lipinski definition) is 2. The second kappa shape index (κ2) is 13.7. The molecule has 0 spiro atoms. The zero-order valence-corrected chi connectivity index (χ0v) is 28.2. The van der Waals surface area contributed by atoms with E-state index in [1.165, 1.54) is 17.1 Å². The van der Waals surface area contributed by atoms with Crippen molar-refractivity contribution < 1.29 is 37.4 Å². The summed E-state index contributed by atoms with van der Waals surface area (Å²) in [5, 5.41) is 6.46. The summed E-state index contributed by atoms with van der Waals surface area (Å²) >= 11 is 0. The van der Waals surface area contributed by atoms with Gasteiger partial charge in [-0.25, -0.2) is 18.4 Å². The molecule has 2 saturated carbocycles. The fraction of sp³-hybridized carbons (Fsp3) is 0.667. The normalized spacial score (nSPS) is 25.9. The first-order valence-electron chi connectivity index (χ1n) is 17.5. The number of alkyl halides is 2. The highest BCUT2D eigenvalue weighted by Crippen LogP contribution is 2.42. The van der Waals surface area contributed by atoms with E-state index in [0.717, 1.165) is 44.9 Å². The van der Waals surface area contributed by atoms with Crippen LogP contribution in [0.1, 0.15) is 95.5 Å². The van der Waals surface area contributed by atoms with Crippen LogP contribution >= 0.6 is 0 Å². The Bertz CT molecular complexity index is 1530. The Morgan fingerprint density at radius 2 is 1.69 bits per heavy atom. The van der Waals surface area contributed by atoms with Gasteiger partial charge in [0.15, 0.2) is 13.3 Å². The molecule has 0 bridgehead atoms. The molecule has 3 heterocycles. The maximum atomic E-state index is 14.2. The fourth-order valence-corrected chi connectivity index (χ4v) is 8.42. The van der Waals surface area contributed by atoms with Gasteiger partial charge in [0.25, 0.3) is 0 Å². The van der Waals surface area contributed by atoms with Crippen LogP contribution in [0.5, 0.6) is 0 Å². The highest BCUT2D eigenvalue weighted by atomic mass is 19.1. The molecular formula is C36H48F2N4O6. The molecule has 1 saturated heterocycles. The molecule has 1 aromatic heterocycles. The van der Waals surface area contributed by atoms with Gasteiger partial charge in [-0.05, 0) is 94.9 Å². The van der Waals surface area contributed by atoms with Gasteiger partial charge >= 0.3 is 12.1 Å². The number of esters is 1. The Hall–Kier alpha value is -3.70. The Morgan fingerprint density at radius 3 is 2.35 bits per heavy atom. The van der Waals surface area contributed by atoms with E-state index in [1.807, 2.05) is 25.7 Å². The van der Waals surface area contributed by atoms with Crippen LogP contribution in [0.25, 0.3) is 10.9 Å². The molecule has 1 aromatic carbocycles. The van der Waals surface area contributed by atoms with Crippen molar-refractivity contribution in [2.45, 2.75) is 102 Å². The van der Waals surface area contributed by atoms with Crippen molar-refractivity contribution in [1.29, 1.82) is 0 Å². The molecule has 2 aliphatic heterocycles. The number of rotatable bonds is 8. The van der Waals surface area contributed by atoms with Crippen molar-refractivity contribution in [1.82, 2.24) is 14.8 Å². The van der Waals surface area contributed by atoms with Crippen LogP contribution in [0.3, 0.4) is 0 Å². The number of amides is 3. The number of aromatic nitrogens is 1. The lowest BCUT2D eigenvalue weighted by molar-refractivity contribution is -0.142. The minimum atomic E-state index is -2.02. The molecule has 2 atom stereocenters. The Balaban J connectivity index is 1.15. The fourth-order valence-electron chi connectivity index (χ4n) is 8.42. The highest BCUT2D eigenvalue weighted by Gasteiger charge is 2.48. The number of fused-ring (bicyclic) bond motifs is 3. The molecule has 0 radical (unpaired) electrons. The number of benzene rings is 1. The van der Waals surface area contributed by atoms with E-state index in [9.17, 15) is 28.0 Å². The van der Waals surface area contributed by atoms with Crippen LogP contribution < -0.4 is 10.6 Å². The first-order valence-corrected chi connectivity index (χ1v) is 17.5. The lowest BCUT2D eigenvalue weighted by atomic mass is 9.76. The van der Waals surface area contributed by atoms with Gasteiger partial charge in [0, 0.05) is 30.1 Å². The summed E-state index contributed by atoms with van der Waals surface area (Å²) in [5.41, 5.74) is -1.61. The number of alkyl carbamates (subject to hydrolysis) is 1. The topological polar surface area (TPSA) is 119 Å². The number of likely N-dealkylation sites (tertiary alicyclic amines) is 1. The third kappa shape index (κ3) is 6.76. The number of anilines is 1. The molecule has 3 amide bonds. The van der Waals surface area contributed by atoms with Crippen molar-refractivity contribution in [2.75, 3.05) is 31.8 Å². The molecule has 3 fully saturated rings. The molecule has 2 aliphatic carbocycles.